The number of amides is 2. The van der Waals surface area contributed by atoms with Gasteiger partial charge in [0.2, 0.25) is 5.91 Å². The fraction of sp³-hybridized carbons (Fsp3) is 0.318. The Morgan fingerprint density at radius 3 is 2.29 bits per heavy atom. The summed E-state index contributed by atoms with van der Waals surface area (Å²) in [4.78, 5) is 38.1. The van der Waals surface area contributed by atoms with Crippen LogP contribution < -0.4 is 5.32 Å². The van der Waals surface area contributed by atoms with Crippen molar-refractivity contribution < 1.29 is 19.1 Å². The van der Waals surface area contributed by atoms with Crippen LogP contribution in [0.25, 0.3) is 0 Å². The molecule has 1 aliphatic rings. The first kappa shape index (κ1) is 19.6. The van der Waals surface area contributed by atoms with E-state index in [1.165, 1.54) is 0 Å². The predicted octanol–water partition coefficient (Wildman–Crippen LogP) is 2.83. The maximum atomic E-state index is 12.3. The lowest BCUT2D eigenvalue weighted by atomic mass is 10.1. The fourth-order valence-corrected chi connectivity index (χ4v) is 3.09. The quantitative estimate of drug-likeness (QED) is 0.782. The average molecular weight is 380 g/mol. The zero-order chi connectivity index (χ0) is 20.1. The number of hydrogen-bond donors (Lipinski definition) is 1. The van der Waals surface area contributed by atoms with E-state index < -0.39 is 17.8 Å². The Kier molecular flexibility index (Phi) is 6.09. The number of aryl methyl sites for hydroxylation is 2. The number of nitrogens with one attached hydrogen (secondary N) is 1. The first-order valence-corrected chi connectivity index (χ1v) is 9.27. The number of nitrogens with zero attached hydrogens (tertiary/aromatic N) is 1. The molecule has 146 valence electrons. The van der Waals surface area contributed by atoms with Gasteiger partial charge in [0.05, 0.1) is 5.92 Å². The van der Waals surface area contributed by atoms with Gasteiger partial charge in [-0.25, -0.2) is 0 Å². The molecule has 2 aromatic carbocycles. The summed E-state index contributed by atoms with van der Waals surface area (Å²) in [5.74, 6) is -1.53. The zero-order valence-electron chi connectivity index (χ0n) is 16.1. The Balaban J connectivity index is 1.46. The van der Waals surface area contributed by atoms with Crippen LogP contribution in [-0.2, 0) is 25.7 Å². The Morgan fingerprint density at radius 1 is 1.04 bits per heavy atom. The van der Waals surface area contributed by atoms with Gasteiger partial charge in [-0.1, -0.05) is 47.5 Å². The van der Waals surface area contributed by atoms with Gasteiger partial charge in [-0.3, -0.25) is 14.4 Å². The molecule has 2 amide bonds. The van der Waals surface area contributed by atoms with Crippen LogP contribution in [0.2, 0.25) is 0 Å². The number of benzene rings is 2. The molecule has 1 aliphatic heterocycles. The minimum atomic E-state index is -0.537. The zero-order valence-corrected chi connectivity index (χ0v) is 16.1. The largest absolute Gasteiger partial charge is 0.455 e. The number of carbonyl (C=O) groups excluding carboxylic acids is 3. The molecule has 3 rings (SSSR count). The van der Waals surface area contributed by atoms with Crippen LogP contribution in [0.5, 0.6) is 0 Å². The van der Waals surface area contributed by atoms with E-state index in [1.807, 2.05) is 50.2 Å². The lowest BCUT2D eigenvalue weighted by molar-refractivity contribution is -0.151. The van der Waals surface area contributed by atoms with Crippen LogP contribution in [0, 0.1) is 19.8 Å². The van der Waals surface area contributed by atoms with Gasteiger partial charge in [-0.15, -0.1) is 0 Å². The van der Waals surface area contributed by atoms with Crippen molar-refractivity contribution in [3.8, 4) is 0 Å². The summed E-state index contributed by atoms with van der Waals surface area (Å²) < 4.78 is 5.12. The van der Waals surface area contributed by atoms with Crippen LogP contribution >= 0.6 is 0 Å². The third kappa shape index (κ3) is 5.19. The van der Waals surface area contributed by atoms with Crippen molar-refractivity contribution in [2.24, 2.45) is 5.92 Å². The molecule has 1 N–H and O–H groups in total. The molecule has 1 saturated heterocycles. The van der Waals surface area contributed by atoms with Crippen molar-refractivity contribution in [2.75, 3.05) is 18.5 Å². The van der Waals surface area contributed by atoms with Crippen molar-refractivity contribution >= 4 is 23.5 Å². The predicted molar refractivity (Wildman–Crippen MR) is 105 cm³/mol. The monoisotopic (exact) mass is 380 g/mol. The summed E-state index contributed by atoms with van der Waals surface area (Å²) in [5, 5.41) is 2.68. The number of likely N-dealkylation sites (tertiary alicyclic amines) is 1. The summed E-state index contributed by atoms with van der Waals surface area (Å²) in [7, 11) is 0. The topological polar surface area (TPSA) is 75.7 Å². The molecule has 6 heteroatoms. The number of hydrogen-bond acceptors (Lipinski definition) is 4. The molecule has 2 aromatic rings. The molecule has 6 nitrogen and oxygen atoms in total. The smallest absolute Gasteiger partial charge is 0.311 e. The summed E-state index contributed by atoms with van der Waals surface area (Å²) in [6.45, 7) is 4.38. The highest BCUT2D eigenvalue weighted by Crippen LogP contribution is 2.21. The third-order valence-corrected chi connectivity index (χ3v) is 4.72. The summed E-state index contributed by atoms with van der Waals surface area (Å²) in [6.07, 6.45) is 0.115. The first-order chi connectivity index (χ1) is 13.4. The maximum Gasteiger partial charge on any atom is 0.311 e. The molecule has 0 aliphatic carbocycles. The highest BCUT2D eigenvalue weighted by Gasteiger charge is 2.35. The summed E-state index contributed by atoms with van der Waals surface area (Å²) in [6, 6.07) is 15.3. The van der Waals surface area contributed by atoms with Crippen LogP contribution in [0.1, 0.15) is 23.1 Å². The SMILES string of the molecule is Cc1ccc(CN2C[C@@H](C(=O)OCC(=O)Nc3ccc(C)cc3)CC2=O)cc1. The molecular formula is C22H24N2O4. The molecule has 0 saturated carbocycles. The second-order valence-electron chi connectivity index (χ2n) is 7.18. The Bertz CT molecular complexity index is 859. The van der Waals surface area contributed by atoms with Crippen LogP contribution in [-0.4, -0.2) is 35.8 Å². The number of ether oxygens (including phenoxy) is 1. The Morgan fingerprint density at radius 2 is 1.64 bits per heavy atom. The molecule has 0 unspecified atom stereocenters. The van der Waals surface area contributed by atoms with Crippen LogP contribution in [0.4, 0.5) is 5.69 Å². The van der Waals surface area contributed by atoms with Gasteiger partial charge in [0.25, 0.3) is 5.91 Å². The molecule has 0 aromatic heterocycles. The molecule has 1 fully saturated rings. The normalized spacial score (nSPS) is 16.1. The van der Waals surface area contributed by atoms with Gasteiger partial charge in [0.15, 0.2) is 6.61 Å². The summed E-state index contributed by atoms with van der Waals surface area (Å²) in [5.41, 5.74) is 3.91. The van der Waals surface area contributed by atoms with E-state index in [0.717, 1.165) is 16.7 Å². The Labute approximate surface area is 164 Å². The van der Waals surface area contributed by atoms with Gasteiger partial charge in [-0.05, 0) is 31.5 Å². The molecular weight excluding hydrogens is 356 g/mol. The molecule has 0 spiro atoms. The van der Waals surface area contributed by atoms with Crippen molar-refractivity contribution in [3.63, 3.8) is 0 Å². The highest BCUT2D eigenvalue weighted by molar-refractivity contribution is 5.93. The van der Waals surface area contributed by atoms with Crippen molar-refractivity contribution in [1.29, 1.82) is 0 Å². The number of carbonyl (C=O) groups is 3. The first-order valence-electron chi connectivity index (χ1n) is 9.27. The van der Waals surface area contributed by atoms with E-state index in [9.17, 15) is 14.4 Å². The van der Waals surface area contributed by atoms with E-state index in [-0.39, 0.29) is 18.9 Å². The molecule has 1 heterocycles. The van der Waals surface area contributed by atoms with E-state index in [4.69, 9.17) is 4.74 Å². The average Bonchev–Trinajstić information content (AvgIpc) is 3.04. The van der Waals surface area contributed by atoms with E-state index in [0.29, 0.717) is 18.8 Å². The van der Waals surface area contributed by atoms with Gasteiger partial charge in [-0.2, -0.15) is 0 Å². The van der Waals surface area contributed by atoms with E-state index in [2.05, 4.69) is 5.32 Å². The number of anilines is 1. The molecule has 0 bridgehead atoms. The van der Waals surface area contributed by atoms with Gasteiger partial charge in [0, 0.05) is 25.2 Å². The van der Waals surface area contributed by atoms with Gasteiger partial charge in [0.1, 0.15) is 0 Å². The van der Waals surface area contributed by atoms with Crippen LogP contribution in [0.3, 0.4) is 0 Å². The fourth-order valence-electron chi connectivity index (χ4n) is 3.09. The van der Waals surface area contributed by atoms with Gasteiger partial charge >= 0.3 is 5.97 Å². The Hall–Kier alpha value is -3.15. The summed E-state index contributed by atoms with van der Waals surface area (Å²) >= 11 is 0. The second kappa shape index (κ2) is 8.69. The number of rotatable bonds is 6. The lowest BCUT2D eigenvalue weighted by Crippen LogP contribution is -2.28. The molecule has 1 atom stereocenters. The van der Waals surface area contributed by atoms with Crippen molar-refractivity contribution in [3.05, 3.63) is 65.2 Å². The lowest BCUT2D eigenvalue weighted by Gasteiger charge is -2.16. The van der Waals surface area contributed by atoms with E-state index in [1.54, 1.807) is 17.0 Å². The second-order valence-corrected chi connectivity index (χ2v) is 7.18. The van der Waals surface area contributed by atoms with Gasteiger partial charge < -0.3 is 15.0 Å². The molecule has 28 heavy (non-hydrogen) atoms. The third-order valence-electron chi connectivity index (χ3n) is 4.72. The minimum Gasteiger partial charge on any atom is -0.455 e. The molecule has 0 radical (unpaired) electrons. The minimum absolute atomic E-state index is 0.0772. The maximum absolute atomic E-state index is 12.3. The van der Waals surface area contributed by atoms with Crippen molar-refractivity contribution in [1.82, 2.24) is 4.90 Å². The van der Waals surface area contributed by atoms with Crippen LogP contribution in [0.15, 0.2) is 48.5 Å². The number of esters is 1. The highest BCUT2D eigenvalue weighted by atomic mass is 16.5. The standard InChI is InChI=1S/C22H24N2O4/c1-15-3-7-17(8-4-15)12-24-13-18(11-21(24)26)22(27)28-14-20(25)23-19-9-5-16(2)6-10-19/h3-10,18H,11-14H2,1-2H3,(H,23,25)/t18-/m0/s1. The van der Waals surface area contributed by atoms with Crippen molar-refractivity contribution in [2.45, 2.75) is 26.8 Å². The van der Waals surface area contributed by atoms with E-state index >= 15 is 0 Å².